The molecule has 0 atom stereocenters. The van der Waals surface area contributed by atoms with Crippen LogP contribution in [0, 0.1) is 5.92 Å². The molecule has 1 spiro atoms. The van der Waals surface area contributed by atoms with Crippen LogP contribution in [0.25, 0.3) is 0 Å². The standard InChI is InChI=1S/C19H32N2O4/c1-2-3-4-5-10-21-15-19(25-18(21)23)8-11-20(12-9-19)17(22)16-6-13-24-14-7-16/h16H,2-15H2,1H3. The zero-order valence-electron chi connectivity index (χ0n) is 15.5. The lowest BCUT2D eigenvalue weighted by Gasteiger charge is -2.39. The highest BCUT2D eigenvalue weighted by molar-refractivity contribution is 5.79. The predicted molar refractivity (Wildman–Crippen MR) is 94.3 cm³/mol. The molecule has 0 aromatic rings. The molecule has 0 aromatic carbocycles. The van der Waals surface area contributed by atoms with Crippen LogP contribution in [0.4, 0.5) is 4.79 Å². The summed E-state index contributed by atoms with van der Waals surface area (Å²) in [4.78, 5) is 28.7. The number of unbranched alkanes of at least 4 members (excludes halogenated alkanes) is 3. The summed E-state index contributed by atoms with van der Waals surface area (Å²) in [7, 11) is 0. The molecule has 142 valence electrons. The van der Waals surface area contributed by atoms with Gasteiger partial charge in [0, 0.05) is 51.6 Å². The number of rotatable bonds is 6. The maximum absolute atomic E-state index is 12.6. The Hall–Kier alpha value is -1.30. The molecule has 0 N–H and O–H groups in total. The second kappa shape index (κ2) is 8.39. The van der Waals surface area contributed by atoms with Gasteiger partial charge in [-0.2, -0.15) is 0 Å². The van der Waals surface area contributed by atoms with Gasteiger partial charge in [-0.05, 0) is 19.3 Å². The Kier molecular flexibility index (Phi) is 6.20. The first-order valence-electron chi connectivity index (χ1n) is 9.98. The SMILES string of the molecule is CCCCCCN1CC2(CCN(C(=O)C3CCOCC3)CC2)OC1=O. The molecule has 0 saturated carbocycles. The molecule has 0 bridgehead atoms. The number of ether oxygens (including phenoxy) is 2. The molecular weight excluding hydrogens is 320 g/mol. The van der Waals surface area contributed by atoms with E-state index >= 15 is 0 Å². The third-order valence-corrected chi connectivity index (χ3v) is 5.88. The minimum atomic E-state index is -0.367. The number of amides is 2. The van der Waals surface area contributed by atoms with Crippen LogP contribution in [-0.2, 0) is 14.3 Å². The van der Waals surface area contributed by atoms with Gasteiger partial charge in [0.1, 0.15) is 5.60 Å². The maximum atomic E-state index is 12.6. The van der Waals surface area contributed by atoms with Crippen LogP contribution < -0.4 is 0 Å². The molecule has 0 aliphatic carbocycles. The summed E-state index contributed by atoms with van der Waals surface area (Å²) >= 11 is 0. The number of hydrogen-bond donors (Lipinski definition) is 0. The monoisotopic (exact) mass is 352 g/mol. The third kappa shape index (κ3) is 4.46. The summed E-state index contributed by atoms with van der Waals surface area (Å²) in [6, 6.07) is 0. The number of piperidine rings is 1. The molecule has 6 nitrogen and oxygen atoms in total. The van der Waals surface area contributed by atoms with Crippen LogP contribution in [-0.4, -0.2) is 66.8 Å². The number of likely N-dealkylation sites (tertiary alicyclic amines) is 1. The molecule has 0 aromatic heterocycles. The van der Waals surface area contributed by atoms with Gasteiger partial charge in [-0.15, -0.1) is 0 Å². The lowest BCUT2D eigenvalue weighted by molar-refractivity contribution is -0.141. The Morgan fingerprint density at radius 2 is 1.88 bits per heavy atom. The van der Waals surface area contributed by atoms with Crippen molar-refractivity contribution in [1.82, 2.24) is 9.80 Å². The maximum Gasteiger partial charge on any atom is 0.410 e. The van der Waals surface area contributed by atoms with Crippen molar-refractivity contribution in [2.75, 3.05) is 39.4 Å². The summed E-state index contributed by atoms with van der Waals surface area (Å²) in [5.41, 5.74) is -0.367. The van der Waals surface area contributed by atoms with Gasteiger partial charge in [0.15, 0.2) is 0 Å². The van der Waals surface area contributed by atoms with E-state index in [2.05, 4.69) is 6.92 Å². The minimum absolute atomic E-state index is 0.115. The van der Waals surface area contributed by atoms with Gasteiger partial charge in [-0.3, -0.25) is 4.79 Å². The van der Waals surface area contributed by atoms with Crippen LogP contribution in [0.3, 0.4) is 0 Å². The van der Waals surface area contributed by atoms with Crippen molar-refractivity contribution in [3.63, 3.8) is 0 Å². The molecule has 3 fully saturated rings. The summed E-state index contributed by atoms with van der Waals surface area (Å²) in [5.74, 6) is 0.378. The third-order valence-electron chi connectivity index (χ3n) is 5.88. The van der Waals surface area contributed by atoms with Crippen LogP contribution in [0.2, 0.25) is 0 Å². The molecule has 3 aliphatic heterocycles. The second-order valence-electron chi connectivity index (χ2n) is 7.75. The zero-order valence-corrected chi connectivity index (χ0v) is 15.5. The molecule has 2 amide bonds. The highest BCUT2D eigenvalue weighted by Crippen LogP contribution is 2.34. The Morgan fingerprint density at radius 1 is 1.16 bits per heavy atom. The second-order valence-corrected chi connectivity index (χ2v) is 7.75. The highest BCUT2D eigenvalue weighted by atomic mass is 16.6. The number of nitrogens with zero attached hydrogens (tertiary/aromatic N) is 2. The zero-order chi connectivity index (χ0) is 17.7. The van der Waals surface area contributed by atoms with Crippen molar-refractivity contribution in [3.05, 3.63) is 0 Å². The van der Waals surface area contributed by atoms with Gasteiger partial charge in [0.05, 0.1) is 6.54 Å². The Morgan fingerprint density at radius 3 is 2.56 bits per heavy atom. The van der Waals surface area contributed by atoms with E-state index < -0.39 is 0 Å². The summed E-state index contributed by atoms with van der Waals surface area (Å²) in [5, 5.41) is 0. The fourth-order valence-corrected chi connectivity index (χ4v) is 4.19. The van der Waals surface area contributed by atoms with Crippen LogP contribution in [0.1, 0.15) is 58.3 Å². The Balaban J connectivity index is 1.46. The molecule has 25 heavy (non-hydrogen) atoms. The van der Waals surface area contributed by atoms with Crippen molar-refractivity contribution in [1.29, 1.82) is 0 Å². The van der Waals surface area contributed by atoms with Crippen molar-refractivity contribution >= 4 is 12.0 Å². The van der Waals surface area contributed by atoms with Gasteiger partial charge in [-0.25, -0.2) is 4.79 Å². The van der Waals surface area contributed by atoms with E-state index in [1.54, 1.807) is 0 Å². The lowest BCUT2D eigenvalue weighted by atomic mass is 9.89. The Labute approximate surface area is 150 Å². The first kappa shape index (κ1) is 18.5. The smallest absolute Gasteiger partial charge is 0.410 e. The van der Waals surface area contributed by atoms with Crippen molar-refractivity contribution in [2.24, 2.45) is 5.92 Å². The van der Waals surface area contributed by atoms with E-state index in [0.29, 0.717) is 32.8 Å². The summed E-state index contributed by atoms with van der Waals surface area (Å²) < 4.78 is 11.1. The normalized spacial score (nSPS) is 24.0. The van der Waals surface area contributed by atoms with E-state index in [1.807, 2.05) is 9.80 Å². The van der Waals surface area contributed by atoms with Gasteiger partial charge in [0.25, 0.3) is 0 Å². The molecule has 0 unspecified atom stereocenters. The quantitative estimate of drug-likeness (QED) is 0.690. The van der Waals surface area contributed by atoms with Crippen molar-refractivity contribution in [2.45, 2.75) is 63.9 Å². The minimum Gasteiger partial charge on any atom is -0.441 e. The van der Waals surface area contributed by atoms with Gasteiger partial charge in [0.2, 0.25) is 5.91 Å². The first-order chi connectivity index (χ1) is 12.1. The molecule has 3 rings (SSSR count). The molecule has 6 heteroatoms. The first-order valence-corrected chi connectivity index (χ1v) is 9.98. The fraction of sp³-hybridized carbons (Fsp3) is 0.895. The average molecular weight is 352 g/mol. The van der Waals surface area contributed by atoms with E-state index in [4.69, 9.17) is 9.47 Å². The summed E-state index contributed by atoms with van der Waals surface area (Å²) in [6.45, 7) is 6.47. The largest absolute Gasteiger partial charge is 0.441 e. The fourth-order valence-electron chi connectivity index (χ4n) is 4.19. The topological polar surface area (TPSA) is 59.1 Å². The van der Waals surface area contributed by atoms with E-state index in [1.165, 1.54) is 19.3 Å². The van der Waals surface area contributed by atoms with Crippen LogP contribution >= 0.6 is 0 Å². The number of carbonyl (C=O) groups excluding carboxylic acids is 2. The van der Waals surface area contributed by atoms with Crippen molar-refractivity contribution < 1.29 is 19.1 Å². The molecule has 3 aliphatic rings. The van der Waals surface area contributed by atoms with E-state index in [-0.39, 0.29) is 23.5 Å². The average Bonchev–Trinajstić information content (AvgIpc) is 2.95. The molecular formula is C19H32N2O4. The lowest BCUT2D eigenvalue weighted by Crippen LogP contribution is -2.50. The van der Waals surface area contributed by atoms with Gasteiger partial charge in [-0.1, -0.05) is 26.2 Å². The van der Waals surface area contributed by atoms with E-state index in [0.717, 1.165) is 38.6 Å². The molecule has 0 radical (unpaired) electrons. The van der Waals surface area contributed by atoms with Crippen LogP contribution in [0.15, 0.2) is 0 Å². The van der Waals surface area contributed by atoms with Crippen molar-refractivity contribution in [3.8, 4) is 0 Å². The molecule has 3 saturated heterocycles. The van der Waals surface area contributed by atoms with Crippen LogP contribution in [0.5, 0.6) is 0 Å². The summed E-state index contributed by atoms with van der Waals surface area (Å²) in [6.07, 6.45) is 7.66. The van der Waals surface area contributed by atoms with Gasteiger partial charge < -0.3 is 19.3 Å². The Bertz CT molecular complexity index is 468. The highest BCUT2D eigenvalue weighted by Gasteiger charge is 2.47. The molecule has 3 heterocycles. The van der Waals surface area contributed by atoms with E-state index in [9.17, 15) is 9.59 Å². The number of carbonyl (C=O) groups is 2. The number of hydrogen-bond acceptors (Lipinski definition) is 4. The predicted octanol–water partition coefficient (Wildman–Crippen LogP) is 2.81. The van der Waals surface area contributed by atoms with Gasteiger partial charge >= 0.3 is 6.09 Å².